The highest BCUT2D eigenvalue weighted by Gasteiger charge is 2.09. The lowest BCUT2D eigenvalue weighted by atomic mass is 10.3. The molecule has 0 spiro atoms. The summed E-state index contributed by atoms with van der Waals surface area (Å²) in [5.41, 5.74) is 0.916. The summed E-state index contributed by atoms with van der Waals surface area (Å²) in [6.07, 6.45) is 2.38. The molecule has 148 valence electrons. The van der Waals surface area contributed by atoms with Crippen LogP contribution in [0.1, 0.15) is 6.42 Å². The standard InChI is InChI=1S/C20H21FN2O2S3/c1-25-15-4-6-16(7-5-15)27-11-9-19(24)22-20-23(10-12-26-2)17-8-3-14(21)13-18(17)28-20/h3-8,13H,9-12H2,1-2H3. The van der Waals surface area contributed by atoms with Crippen LogP contribution in [-0.4, -0.2) is 35.3 Å². The van der Waals surface area contributed by atoms with Crippen molar-refractivity contribution < 1.29 is 13.9 Å². The molecule has 3 rings (SSSR count). The molecule has 2 aromatic carbocycles. The quantitative estimate of drug-likeness (QED) is 0.475. The van der Waals surface area contributed by atoms with Crippen molar-refractivity contribution in [2.24, 2.45) is 4.99 Å². The second kappa shape index (κ2) is 10.1. The summed E-state index contributed by atoms with van der Waals surface area (Å²) in [6.45, 7) is 0.736. The molecule has 3 aromatic rings. The number of benzene rings is 2. The van der Waals surface area contributed by atoms with Crippen LogP contribution in [-0.2, 0) is 11.3 Å². The maximum Gasteiger partial charge on any atom is 0.249 e. The minimum atomic E-state index is -0.278. The van der Waals surface area contributed by atoms with Crippen LogP contribution in [0.5, 0.6) is 5.75 Å². The van der Waals surface area contributed by atoms with Gasteiger partial charge in [0.25, 0.3) is 0 Å². The number of methoxy groups -OCH3 is 1. The second-order valence-corrected chi connectivity index (χ2v) is 9.08. The average molecular weight is 437 g/mol. The second-order valence-electron chi connectivity index (χ2n) is 5.92. The first-order valence-corrected chi connectivity index (χ1v) is 11.9. The summed E-state index contributed by atoms with van der Waals surface area (Å²) in [6, 6.07) is 12.5. The largest absolute Gasteiger partial charge is 0.497 e. The van der Waals surface area contributed by atoms with Gasteiger partial charge in [-0.3, -0.25) is 4.79 Å². The number of thiazole rings is 1. The van der Waals surface area contributed by atoms with Gasteiger partial charge in [0.1, 0.15) is 11.6 Å². The van der Waals surface area contributed by atoms with Crippen LogP contribution < -0.4 is 9.54 Å². The highest BCUT2D eigenvalue weighted by molar-refractivity contribution is 7.99. The minimum absolute atomic E-state index is 0.161. The predicted octanol–water partition coefficient (Wildman–Crippen LogP) is 4.82. The van der Waals surface area contributed by atoms with Crippen LogP contribution >= 0.6 is 34.9 Å². The van der Waals surface area contributed by atoms with E-state index in [9.17, 15) is 9.18 Å². The van der Waals surface area contributed by atoms with Gasteiger partial charge in [0, 0.05) is 29.4 Å². The van der Waals surface area contributed by atoms with E-state index in [0.29, 0.717) is 17.0 Å². The molecule has 0 aliphatic heterocycles. The summed E-state index contributed by atoms with van der Waals surface area (Å²) < 4.78 is 21.5. The Balaban J connectivity index is 1.71. The van der Waals surface area contributed by atoms with Crippen molar-refractivity contribution in [1.82, 2.24) is 4.57 Å². The van der Waals surface area contributed by atoms with Gasteiger partial charge in [-0.1, -0.05) is 11.3 Å². The third-order valence-electron chi connectivity index (χ3n) is 4.03. The molecular formula is C20H21FN2O2S3. The zero-order chi connectivity index (χ0) is 19.9. The van der Waals surface area contributed by atoms with E-state index in [2.05, 4.69) is 4.99 Å². The maximum atomic E-state index is 13.6. The van der Waals surface area contributed by atoms with Crippen molar-refractivity contribution in [3.63, 3.8) is 0 Å². The van der Waals surface area contributed by atoms with Crippen LogP contribution in [0.3, 0.4) is 0 Å². The van der Waals surface area contributed by atoms with Gasteiger partial charge in [-0.15, -0.1) is 11.8 Å². The number of ether oxygens (including phenoxy) is 1. The first-order valence-electron chi connectivity index (χ1n) is 8.73. The van der Waals surface area contributed by atoms with Crippen molar-refractivity contribution in [3.05, 3.63) is 53.1 Å². The lowest BCUT2D eigenvalue weighted by molar-refractivity contribution is -0.117. The Hall–Kier alpha value is -1.77. The van der Waals surface area contributed by atoms with Crippen molar-refractivity contribution >= 4 is 51.0 Å². The van der Waals surface area contributed by atoms with E-state index in [-0.39, 0.29) is 11.7 Å². The molecule has 0 radical (unpaired) electrons. The van der Waals surface area contributed by atoms with Gasteiger partial charge in [-0.25, -0.2) is 4.39 Å². The van der Waals surface area contributed by atoms with E-state index >= 15 is 0 Å². The zero-order valence-electron chi connectivity index (χ0n) is 15.7. The fourth-order valence-electron chi connectivity index (χ4n) is 2.62. The molecule has 0 aliphatic rings. The lowest BCUT2D eigenvalue weighted by Gasteiger charge is -2.04. The van der Waals surface area contributed by atoms with Gasteiger partial charge >= 0.3 is 0 Å². The molecule has 0 unspecified atom stereocenters. The van der Waals surface area contributed by atoms with Crippen LogP contribution in [0.2, 0.25) is 0 Å². The van der Waals surface area contributed by atoms with E-state index < -0.39 is 0 Å². The Labute approximate surface area is 175 Å². The van der Waals surface area contributed by atoms with Crippen LogP contribution in [0.25, 0.3) is 10.2 Å². The van der Waals surface area contributed by atoms with Crippen molar-refractivity contribution in [1.29, 1.82) is 0 Å². The molecule has 1 amide bonds. The predicted molar refractivity (Wildman–Crippen MR) is 117 cm³/mol. The molecule has 28 heavy (non-hydrogen) atoms. The average Bonchev–Trinajstić information content (AvgIpc) is 3.02. The van der Waals surface area contributed by atoms with Crippen molar-refractivity contribution in [2.45, 2.75) is 17.9 Å². The number of fused-ring (bicyclic) bond motifs is 1. The van der Waals surface area contributed by atoms with E-state index in [1.54, 1.807) is 36.7 Å². The first-order chi connectivity index (χ1) is 13.6. The number of aryl methyl sites for hydroxylation is 1. The van der Waals surface area contributed by atoms with Gasteiger partial charge in [0.2, 0.25) is 5.91 Å². The summed E-state index contributed by atoms with van der Waals surface area (Å²) in [5.74, 6) is 1.92. The van der Waals surface area contributed by atoms with Gasteiger partial charge in [-0.2, -0.15) is 16.8 Å². The third-order valence-corrected chi connectivity index (χ3v) is 6.67. The number of hydrogen-bond acceptors (Lipinski definition) is 5. The number of thioether (sulfide) groups is 2. The van der Waals surface area contributed by atoms with Gasteiger partial charge in [0.15, 0.2) is 4.80 Å². The molecule has 8 heteroatoms. The highest BCUT2D eigenvalue weighted by atomic mass is 32.2. The maximum absolute atomic E-state index is 13.6. The summed E-state index contributed by atoms with van der Waals surface area (Å²) >= 11 is 4.69. The van der Waals surface area contributed by atoms with Crippen LogP contribution in [0, 0.1) is 5.82 Å². The molecule has 0 bridgehead atoms. The zero-order valence-corrected chi connectivity index (χ0v) is 18.1. The number of hydrogen-bond donors (Lipinski definition) is 0. The van der Waals surface area contributed by atoms with Crippen LogP contribution in [0.4, 0.5) is 4.39 Å². The summed E-state index contributed by atoms with van der Waals surface area (Å²) in [4.78, 5) is 18.4. The van der Waals surface area contributed by atoms with E-state index in [0.717, 1.165) is 33.2 Å². The molecule has 0 fully saturated rings. The fourth-order valence-corrected chi connectivity index (χ4v) is 4.93. The third kappa shape index (κ3) is 5.40. The molecule has 1 aromatic heterocycles. The number of amides is 1. The van der Waals surface area contributed by atoms with Gasteiger partial charge in [-0.05, 0) is 48.7 Å². The van der Waals surface area contributed by atoms with Crippen molar-refractivity contribution in [3.8, 4) is 5.75 Å². The van der Waals surface area contributed by atoms with Crippen molar-refractivity contribution in [2.75, 3.05) is 24.9 Å². The highest BCUT2D eigenvalue weighted by Crippen LogP contribution is 2.22. The SMILES string of the molecule is COc1ccc(SCCC(=O)N=c2sc3cc(F)ccc3n2CCSC)cc1. The summed E-state index contributed by atoms with van der Waals surface area (Å²) in [7, 11) is 1.64. The Morgan fingerprint density at radius 2 is 2.00 bits per heavy atom. The van der Waals surface area contributed by atoms with Gasteiger partial charge < -0.3 is 9.30 Å². The number of nitrogens with zero attached hydrogens (tertiary/aromatic N) is 2. The Morgan fingerprint density at radius 1 is 1.21 bits per heavy atom. The number of carbonyl (C=O) groups excluding carboxylic acids is 1. The van der Waals surface area contributed by atoms with Gasteiger partial charge in [0.05, 0.1) is 17.3 Å². The fraction of sp³-hybridized carbons (Fsp3) is 0.300. The van der Waals surface area contributed by atoms with E-state index in [1.165, 1.54) is 23.5 Å². The number of aromatic nitrogens is 1. The first kappa shape index (κ1) is 21.0. The molecule has 0 N–H and O–H groups in total. The van der Waals surface area contributed by atoms with Crippen LogP contribution in [0.15, 0.2) is 52.4 Å². The Bertz CT molecular complexity index is 1010. The summed E-state index contributed by atoms with van der Waals surface area (Å²) in [5, 5.41) is 0. The molecule has 4 nitrogen and oxygen atoms in total. The molecule has 0 saturated carbocycles. The number of carbonyl (C=O) groups is 1. The molecule has 0 aliphatic carbocycles. The lowest BCUT2D eigenvalue weighted by Crippen LogP contribution is -2.18. The number of halogens is 1. The number of rotatable bonds is 8. The topological polar surface area (TPSA) is 43.6 Å². The minimum Gasteiger partial charge on any atom is -0.497 e. The monoisotopic (exact) mass is 436 g/mol. The molecular weight excluding hydrogens is 415 g/mol. The van der Waals surface area contributed by atoms with E-state index in [4.69, 9.17) is 4.74 Å². The normalized spacial score (nSPS) is 11.9. The molecule has 1 heterocycles. The molecule has 0 saturated heterocycles. The van der Waals surface area contributed by atoms with E-state index in [1.807, 2.05) is 35.1 Å². The Kier molecular flexibility index (Phi) is 7.58. The Morgan fingerprint density at radius 3 is 2.71 bits per heavy atom. The smallest absolute Gasteiger partial charge is 0.249 e. The molecule has 0 atom stereocenters.